The van der Waals surface area contributed by atoms with Crippen LogP contribution in [0.4, 0.5) is 23.0 Å². The molecule has 0 unspecified atom stereocenters. The molecule has 11 heteroatoms. The first kappa shape index (κ1) is 22.4. The first-order chi connectivity index (χ1) is 15.4. The number of pyridine rings is 1. The summed E-state index contributed by atoms with van der Waals surface area (Å²) in [5, 5.41) is 5.86. The molecular formula is C21H26BrN7O3. The van der Waals surface area contributed by atoms with Crippen LogP contribution in [0, 0.1) is 0 Å². The van der Waals surface area contributed by atoms with E-state index in [0.29, 0.717) is 27.8 Å². The molecule has 2 aromatic rings. The van der Waals surface area contributed by atoms with Crippen LogP contribution in [-0.2, 0) is 16.6 Å². The number of carbonyl (C=O) groups is 1. The zero-order valence-corrected chi connectivity index (χ0v) is 19.6. The molecule has 2 aliphatic heterocycles. The highest BCUT2D eigenvalue weighted by Gasteiger charge is 2.33. The molecule has 2 N–H and O–H groups in total. The number of nitrogens with zero attached hydrogens (tertiary/aromatic N) is 5. The molecule has 0 aromatic carbocycles. The Hall–Kier alpha value is -2.76. The molecule has 0 saturated carbocycles. The van der Waals surface area contributed by atoms with Crippen molar-refractivity contribution < 1.29 is 9.53 Å². The first-order valence-electron chi connectivity index (χ1n) is 10.4. The number of amides is 1. The second-order valence-corrected chi connectivity index (χ2v) is 8.78. The molecule has 4 heterocycles. The lowest BCUT2D eigenvalue weighted by Gasteiger charge is -2.46. The van der Waals surface area contributed by atoms with E-state index in [2.05, 4.69) is 59.8 Å². The van der Waals surface area contributed by atoms with Crippen molar-refractivity contribution in [1.29, 1.82) is 0 Å². The summed E-state index contributed by atoms with van der Waals surface area (Å²) in [6.07, 6.45) is 4.44. The zero-order chi connectivity index (χ0) is 22.8. The number of halogens is 1. The molecule has 0 radical (unpaired) electrons. The fourth-order valence-corrected chi connectivity index (χ4v) is 4.37. The molecule has 170 valence electrons. The molecule has 2 saturated heterocycles. The van der Waals surface area contributed by atoms with E-state index in [9.17, 15) is 9.59 Å². The van der Waals surface area contributed by atoms with Gasteiger partial charge in [-0.3, -0.25) is 14.5 Å². The summed E-state index contributed by atoms with van der Waals surface area (Å²) in [6, 6.07) is 2.44. The van der Waals surface area contributed by atoms with Crippen LogP contribution in [0.15, 0.2) is 40.5 Å². The molecule has 2 fully saturated rings. The van der Waals surface area contributed by atoms with E-state index in [0.717, 1.165) is 32.8 Å². The van der Waals surface area contributed by atoms with Crippen molar-refractivity contribution in [2.24, 2.45) is 7.05 Å². The predicted octanol–water partition coefficient (Wildman–Crippen LogP) is 1.72. The summed E-state index contributed by atoms with van der Waals surface area (Å²) >= 11 is 3.30. The second kappa shape index (κ2) is 9.39. The molecular weight excluding hydrogens is 478 g/mol. The Bertz CT molecular complexity index is 1090. The molecule has 2 aromatic heterocycles. The van der Waals surface area contributed by atoms with Crippen molar-refractivity contribution in [1.82, 2.24) is 19.4 Å². The number of aryl methyl sites for hydroxylation is 1. The number of hydrogen-bond donors (Lipinski definition) is 2. The van der Waals surface area contributed by atoms with Crippen LogP contribution in [0.1, 0.15) is 6.92 Å². The lowest BCUT2D eigenvalue weighted by molar-refractivity contribution is -0.111. The standard InChI is InChI=1S/C21H26BrN7O3/c1-4-18(30)25-16-7-14(24-19-21(31)27(3)10-17(22)26-19)8-23-20(16)29-6-5-28(9-13(29)2)15-11-32-12-15/h4,7-8,10,13,15H,1,5-6,9,11-12H2,2-3H3,(H,24,26)(H,25,30)/t13-/m0/s1. The number of piperazine rings is 1. The lowest BCUT2D eigenvalue weighted by atomic mass is 10.1. The smallest absolute Gasteiger partial charge is 0.293 e. The van der Waals surface area contributed by atoms with Gasteiger partial charge in [-0.05, 0) is 35.0 Å². The zero-order valence-electron chi connectivity index (χ0n) is 18.0. The van der Waals surface area contributed by atoms with Gasteiger partial charge in [-0.25, -0.2) is 9.97 Å². The summed E-state index contributed by atoms with van der Waals surface area (Å²) in [5.74, 6) is 0.500. The van der Waals surface area contributed by atoms with Crippen LogP contribution in [0.25, 0.3) is 0 Å². The Labute approximate surface area is 194 Å². The normalized spacial score (nSPS) is 19.3. The van der Waals surface area contributed by atoms with Crippen molar-refractivity contribution >= 4 is 44.8 Å². The molecule has 4 rings (SSSR count). The summed E-state index contributed by atoms with van der Waals surface area (Å²) in [6.45, 7) is 9.83. The maximum absolute atomic E-state index is 12.4. The van der Waals surface area contributed by atoms with E-state index in [1.54, 1.807) is 25.5 Å². The molecule has 1 atom stereocenters. The molecule has 1 amide bonds. The topological polar surface area (TPSA) is 105 Å². The van der Waals surface area contributed by atoms with E-state index in [-0.39, 0.29) is 23.3 Å². The van der Waals surface area contributed by atoms with Crippen LogP contribution < -0.4 is 21.1 Å². The number of hydrogen-bond acceptors (Lipinski definition) is 8. The Balaban J connectivity index is 1.61. The van der Waals surface area contributed by atoms with Crippen molar-refractivity contribution in [2.75, 3.05) is 48.4 Å². The third-order valence-electron chi connectivity index (χ3n) is 5.68. The predicted molar refractivity (Wildman–Crippen MR) is 127 cm³/mol. The molecule has 2 aliphatic rings. The van der Waals surface area contributed by atoms with Crippen molar-refractivity contribution in [2.45, 2.75) is 19.0 Å². The summed E-state index contributed by atoms with van der Waals surface area (Å²) < 4.78 is 7.28. The van der Waals surface area contributed by atoms with Crippen molar-refractivity contribution in [3.8, 4) is 0 Å². The van der Waals surface area contributed by atoms with Gasteiger partial charge < -0.3 is 24.8 Å². The minimum absolute atomic E-state index is 0.155. The number of aromatic nitrogens is 3. The van der Waals surface area contributed by atoms with Crippen LogP contribution in [0.3, 0.4) is 0 Å². The van der Waals surface area contributed by atoms with E-state index < -0.39 is 0 Å². The van der Waals surface area contributed by atoms with Gasteiger partial charge >= 0.3 is 0 Å². The number of ether oxygens (including phenoxy) is 1. The molecule has 0 aliphatic carbocycles. The molecule has 32 heavy (non-hydrogen) atoms. The SMILES string of the molecule is C=CC(=O)Nc1cc(Nc2nc(Br)cn(C)c2=O)cnc1N1CCN(C2COC2)C[C@@H]1C. The van der Waals surface area contributed by atoms with Crippen LogP contribution in [0.2, 0.25) is 0 Å². The summed E-state index contributed by atoms with van der Waals surface area (Å²) in [4.78, 5) is 38.0. The fraction of sp³-hybridized carbons (Fsp3) is 0.429. The number of carbonyl (C=O) groups excluding carboxylic acids is 1. The highest BCUT2D eigenvalue weighted by molar-refractivity contribution is 9.10. The van der Waals surface area contributed by atoms with Crippen LogP contribution in [0.5, 0.6) is 0 Å². The number of rotatable bonds is 6. The van der Waals surface area contributed by atoms with Gasteiger partial charge in [-0.1, -0.05) is 6.58 Å². The van der Waals surface area contributed by atoms with Gasteiger partial charge in [0.1, 0.15) is 4.60 Å². The maximum atomic E-state index is 12.4. The Morgan fingerprint density at radius 3 is 2.81 bits per heavy atom. The summed E-state index contributed by atoms with van der Waals surface area (Å²) in [5.41, 5.74) is 0.798. The van der Waals surface area contributed by atoms with E-state index in [1.165, 1.54) is 10.6 Å². The second-order valence-electron chi connectivity index (χ2n) is 7.97. The quantitative estimate of drug-likeness (QED) is 0.574. The lowest BCUT2D eigenvalue weighted by Crippen LogP contribution is -2.59. The first-order valence-corrected chi connectivity index (χ1v) is 11.2. The van der Waals surface area contributed by atoms with Crippen LogP contribution in [-0.4, -0.2) is 70.3 Å². The van der Waals surface area contributed by atoms with E-state index in [4.69, 9.17) is 4.74 Å². The van der Waals surface area contributed by atoms with Crippen molar-refractivity contribution in [3.63, 3.8) is 0 Å². The molecule has 10 nitrogen and oxygen atoms in total. The fourth-order valence-electron chi connectivity index (χ4n) is 3.88. The summed E-state index contributed by atoms with van der Waals surface area (Å²) in [7, 11) is 1.65. The molecule has 0 spiro atoms. The van der Waals surface area contributed by atoms with Gasteiger partial charge in [0.25, 0.3) is 5.56 Å². The highest BCUT2D eigenvalue weighted by atomic mass is 79.9. The minimum Gasteiger partial charge on any atom is -0.378 e. The average molecular weight is 504 g/mol. The third kappa shape index (κ3) is 4.69. The van der Waals surface area contributed by atoms with Gasteiger partial charge in [0.05, 0.1) is 36.8 Å². The van der Waals surface area contributed by atoms with E-state index in [1.807, 2.05) is 0 Å². The maximum Gasteiger partial charge on any atom is 0.293 e. The highest BCUT2D eigenvalue weighted by Crippen LogP contribution is 2.31. The largest absolute Gasteiger partial charge is 0.378 e. The minimum atomic E-state index is -0.334. The van der Waals surface area contributed by atoms with E-state index >= 15 is 0 Å². The van der Waals surface area contributed by atoms with Gasteiger partial charge in [0.15, 0.2) is 11.6 Å². The van der Waals surface area contributed by atoms with Gasteiger partial charge in [0, 0.05) is 38.9 Å². The molecule has 0 bridgehead atoms. The monoisotopic (exact) mass is 503 g/mol. The van der Waals surface area contributed by atoms with Crippen molar-refractivity contribution in [3.05, 3.63) is 46.1 Å². The number of nitrogens with one attached hydrogen (secondary N) is 2. The van der Waals surface area contributed by atoms with Crippen LogP contribution >= 0.6 is 15.9 Å². The van der Waals surface area contributed by atoms with Gasteiger partial charge in [-0.15, -0.1) is 0 Å². The Morgan fingerprint density at radius 1 is 1.38 bits per heavy atom. The average Bonchev–Trinajstić information content (AvgIpc) is 2.71. The van der Waals surface area contributed by atoms with Gasteiger partial charge in [0.2, 0.25) is 5.91 Å². The van der Waals surface area contributed by atoms with Gasteiger partial charge in [-0.2, -0.15) is 0 Å². The third-order valence-corrected chi connectivity index (χ3v) is 6.06. The number of anilines is 4. The Kier molecular flexibility index (Phi) is 6.58. The Morgan fingerprint density at radius 2 is 2.16 bits per heavy atom.